The molecule has 2 rings (SSSR count). The molecule has 1 fully saturated rings. The Balaban J connectivity index is 2.09. The Bertz CT molecular complexity index is 344. The summed E-state index contributed by atoms with van der Waals surface area (Å²) in [6, 6.07) is 8.33. The van der Waals surface area contributed by atoms with Crippen molar-refractivity contribution < 1.29 is 9.47 Å². The first-order valence-electron chi connectivity index (χ1n) is 4.80. The first kappa shape index (κ1) is 11.2. The third kappa shape index (κ3) is 1.98. The van der Waals surface area contributed by atoms with E-state index < -0.39 is 5.79 Å². The third-order valence-corrected chi connectivity index (χ3v) is 3.71. The summed E-state index contributed by atoms with van der Waals surface area (Å²) in [5.41, 5.74) is 1.25. The van der Waals surface area contributed by atoms with E-state index in [0.717, 1.165) is 13.1 Å². The second kappa shape index (κ2) is 4.27. The summed E-state index contributed by atoms with van der Waals surface area (Å²) in [7, 11) is 3.38. The number of hydrogen-bond acceptors (Lipinski definition) is 3. The second-order valence-electron chi connectivity index (χ2n) is 3.63. The minimum Gasteiger partial charge on any atom is -0.360 e. The minimum absolute atomic E-state index is 0.404. The van der Waals surface area contributed by atoms with Gasteiger partial charge in [0.15, 0.2) is 0 Å². The number of halogens is 1. The maximum absolute atomic E-state index is 5.35. The molecule has 0 saturated carbocycles. The molecule has 0 N–H and O–H groups in total. The second-order valence-corrected chi connectivity index (χ2v) is 4.79. The van der Waals surface area contributed by atoms with Crippen LogP contribution in [0.3, 0.4) is 0 Å². The Hall–Kier alpha value is -0.330. The molecule has 1 aliphatic rings. The molecule has 1 aliphatic heterocycles. The van der Waals surface area contributed by atoms with Gasteiger partial charge in [0.2, 0.25) is 5.79 Å². The molecule has 0 unspecified atom stereocenters. The Morgan fingerprint density at radius 2 is 1.80 bits per heavy atom. The van der Waals surface area contributed by atoms with Crippen LogP contribution in [0.15, 0.2) is 24.3 Å². The van der Waals surface area contributed by atoms with Gasteiger partial charge in [0.05, 0.1) is 18.8 Å². The maximum Gasteiger partial charge on any atom is 0.203 e. The SMILES string of the molecule is COC1(OC)CN(c2ccccc2I)C1. The molecular weight excluding hydrogens is 305 g/mol. The highest BCUT2D eigenvalue weighted by molar-refractivity contribution is 14.1. The Morgan fingerprint density at radius 1 is 1.20 bits per heavy atom. The summed E-state index contributed by atoms with van der Waals surface area (Å²) in [4.78, 5) is 2.26. The molecule has 0 atom stereocenters. The zero-order valence-corrected chi connectivity index (χ0v) is 11.0. The van der Waals surface area contributed by atoms with Crippen LogP contribution in [0.1, 0.15) is 0 Å². The molecule has 1 heterocycles. The standard InChI is InChI=1S/C11H14INO2/c1-14-11(15-2)7-13(8-11)10-6-4-3-5-9(10)12/h3-6H,7-8H2,1-2H3. The highest BCUT2D eigenvalue weighted by Crippen LogP contribution is 2.33. The van der Waals surface area contributed by atoms with Crippen LogP contribution in [0.5, 0.6) is 0 Å². The summed E-state index contributed by atoms with van der Waals surface area (Å²) in [6.07, 6.45) is 0. The molecule has 1 aromatic rings. The molecule has 0 spiro atoms. The Labute approximate surface area is 103 Å². The van der Waals surface area contributed by atoms with Gasteiger partial charge in [-0.3, -0.25) is 0 Å². The fourth-order valence-electron chi connectivity index (χ4n) is 1.76. The topological polar surface area (TPSA) is 21.7 Å². The average Bonchev–Trinajstić information content (AvgIpc) is 2.20. The fraction of sp³-hybridized carbons (Fsp3) is 0.455. The number of ether oxygens (including phenoxy) is 2. The van der Waals surface area contributed by atoms with Gasteiger partial charge in [-0.25, -0.2) is 0 Å². The fourth-order valence-corrected chi connectivity index (χ4v) is 2.48. The molecule has 3 nitrogen and oxygen atoms in total. The van der Waals surface area contributed by atoms with Gasteiger partial charge in [-0.1, -0.05) is 12.1 Å². The highest BCUT2D eigenvalue weighted by atomic mass is 127. The average molecular weight is 319 g/mol. The van der Waals surface area contributed by atoms with Crippen LogP contribution in [0.25, 0.3) is 0 Å². The van der Waals surface area contributed by atoms with Crippen LogP contribution in [0.4, 0.5) is 5.69 Å². The Kier molecular flexibility index (Phi) is 3.18. The normalized spacial score (nSPS) is 18.7. The Morgan fingerprint density at radius 3 is 2.33 bits per heavy atom. The molecule has 0 aliphatic carbocycles. The number of nitrogens with zero attached hydrogens (tertiary/aromatic N) is 1. The molecular formula is C11H14INO2. The molecule has 0 aromatic heterocycles. The molecule has 15 heavy (non-hydrogen) atoms. The number of rotatable bonds is 3. The molecule has 0 bridgehead atoms. The molecule has 4 heteroatoms. The van der Waals surface area contributed by atoms with E-state index >= 15 is 0 Å². The van der Waals surface area contributed by atoms with Crippen LogP contribution < -0.4 is 4.90 Å². The van der Waals surface area contributed by atoms with Gasteiger partial charge in [0.1, 0.15) is 0 Å². The van der Waals surface area contributed by atoms with Gasteiger partial charge < -0.3 is 14.4 Å². The lowest BCUT2D eigenvalue weighted by atomic mass is 10.1. The van der Waals surface area contributed by atoms with Gasteiger partial charge >= 0.3 is 0 Å². The minimum atomic E-state index is -0.404. The van der Waals surface area contributed by atoms with Gasteiger partial charge in [-0.2, -0.15) is 0 Å². The van der Waals surface area contributed by atoms with E-state index in [-0.39, 0.29) is 0 Å². The summed E-state index contributed by atoms with van der Waals surface area (Å²) >= 11 is 2.35. The van der Waals surface area contributed by atoms with Crippen LogP contribution >= 0.6 is 22.6 Å². The van der Waals surface area contributed by atoms with Gasteiger partial charge in [0, 0.05) is 17.8 Å². The lowest BCUT2D eigenvalue weighted by molar-refractivity contribution is -0.219. The summed E-state index contributed by atoms with van der Waals surface area (Å²) in [5, 5.41) is 0. The molecule has 0 radical (unpaired) electrons. The van der Waals surface area contributed by atoms with E-state index in [1.807, 2.05) is 6.07 Å². The van der Waals surface area contributed by atoms with E-state index in [9.17, 15) is 0 Å². The molecule has 0 amide bonds. The van der Waals surface area contributed by atoms with Crippen molar-refractivity contribution in [3.63, 3.8) is 0 Å². The lowest BCUT2D eigenvalue weighted by Crippen LogP contribution is -2.64. The van der Waals surface area contributed by atoms with Crippen molar-refractivity contribution in [1.82, 2.24) is 0 Å². The monoisotopic (exact) mass is 319 g/mol. The number of methoxy groups -OCH3 is 2. The number of benzene rings is 1. The maximum atomic E-state index is 5.35. The molecule has 82 valence electrons. The quantitative estimate of drug-likeness (QED) is 0.629. The van der Waals surface area contributed by atoms with Gasteiger partial charge in [-0.05, 0) is 34.7 Å². The van der Waals surface area contributed by atoms with Crippen molar-refractivity contribution in [1.29, 1.82) is 0 Å². The number of para-hydroxylation sites is 1. The predicted octanol–water partition coefficient (Wildman–Crippen LogP) is 2.10. The van der Waals surface area contributed by atoms with Gasteiger partial charge in [-0.15, -0.1) is 0 Å². The van der Waals surface area contributed by atoms with E-state index in [0.29, 0.717) is 0 Å². The van der Waals surface area contributed by atoms with Crippen LogP contribution in [-0.2, 0) is 9.47 Å². The first-order chi connectivity index (χ1) is 7.21. The van der Waals surface area contributed by atoms with Crippen molar-refractivity contribution >= 4 is 28.3 Å². The number of anilines is 1. The molecule has 1 saturated heterocycles. The molecule has 1 aromatic carbocycles. The zero-order valence-electron chi connectivity index (χ0n) is 8.87. The highest BCUT2D eigenvalue weighted by Gasteiger charge is 2.44. The van der Waals surface area contributed by atoms with E-state index in [1.54, 1.807) is 14.2 Å². The largest absolute Gasteiger partial charge is 0.360 e. The van der Waals surface area contributed by atoms with Crippen LogP contribution in [-0.4, -0.2) is 33.1 Å². The lowest BCUT2D eigenvalue weighted by Gasteiger charge is -2.49. The van der Waals surface area contributed by atoms with Crippen molar-refractivity contribution in [3.8, 4) is 0 Å². The van der Waals surface area contributed by atoms with Crippen LogP contribution in [0.2, 0.25) is 0 Å². The van der Waals surface area contributed by atoms with Gasteiger partial charge in [0.25, 0.3) is 0 Å². The van der Waals surface area contributed by atoms with Crippen molar-refractivity contribution in [2.45, 2.75) is 5.79 Å². The van der Waals surface area contributed by atoms with Crippen LogP contribution in [0, 0.1) is 3.57 Å². The zero-order chi connectivity index (χ0) is 10.9. The van der Waals surface area contributed by atoms with E-state index in [2.05, 4.69) is 45.7 Å². The predicted molar refractivity (Wildman–Crippen MR) is 68.1 cm³/mol. The first-order valence-corrected chi connectivity index (χ1v) is 5.88. The summed E-state index contributed by atoms with van der Waals surface area (Å²) in [6.45, 7) is 1.58. The smallest absolute Gasteiger partial charge is 0.203 e. The third-order valence-electron chi connectivity index (χ3n) is 2.80. The van der Waals surface area contributed by atoms with Crippen molar-refractivity contribution in [2.24, 2.45) is 0 Å². The summed E-state index contributed by atoms with van der Waals surface area (Å²) in [5.74, 6) is -0.404. The van der Waals surface area contributed by atoms with E-state index in [4.69, 9.17) is 9.47 Å². The number of hydrogen-bond donors (Lipinski definition) is 0. The van der Waals surface area contributed by atoms with Crippen molar-refractivity contribution in [2.75, 3.05) is 32.2 Å². The van der Waals surface area contributed by atoms with Crippen molar-refractivity contribution in [3.05, 3.63) is 27.8 Å². The van der Waals surface area contributed by atoms with E-state index in [1.165, 1.54) is 9.26 Å². The summed E-state index contributed by atoms with van der Waals surface area (Å²) < 4.78 is 12.0.